The molecule has 0 aromatic heterocycles. The predicted molar refractivity (Wildman–Crippen MR) is 77.9 cm³/mol. The van der Waals surface area contributed by atoms with Gasteiger partial charge in [0.15, 0.2) is 0 Å². The normalized spacial score (nSPS) is 25.2. The van der Waals surface area contributed by atoms with Crippen molar-refractivity contribution < 1.29 is 4.79 Å². The number of hydrogen-bond donors (Lipinski definition) is 1. The third kappa shape index (κ3) is 2.79. The molecule has 4 nitrogen and oxygen atoms in total. The molecular weight excluding hydrogens is 238 g/mol. The van der Waals surface area contributed by atoms with Crippen LogP contribution in [-0.2, 0) is 4.79 Å². The van der Waals surface area contributed by atoms with Gasteiger partial charge in [0.1, 0.15) is 0 Å². The Morgan fingerprint density at radius 3 is 2.37 bits per heavy atom. The molecule has 2 aliphatic heterocycles. The van der Waals surface area contributed by atoms with Gasteiger partial charge in [-0.3, -0.25) is 9.69 Å². The molecule has 2 N–H and O–H groups in total. The Hall–Kier alpha value is -0.610. The minimum Gasteiger partial charge on any atom is -0.341 e. The Kier molecular flexibility index (Phi) is 4.85. The maximum Gasteiger partial charge on any atom is 0.230 e. The van der Waals surface area contributed by atoms with E-state index in [4.69, 9.17) is 5.73 Å². The second kappa shape index (κ2) is 6.23. The van der Waals surface area contributed by atoms with Gasteiger partial charge in [0.2, 0.25) is 5.91 Å². The van der Waals surface area contributed by atoms with Gasteiger partial charge in [-0.15, -0.1) is 0 Å². The van der Waals surface area contributed by atoms with Crippen molar-refractivity contribution in [2.45, 2.75) is 52.0 Å². The molecule has 2 saturated heterocycles. The van der Waals surface area contributed by atoms with Crippen molar-refractivity contribution in [3.05, 3.63) is 0 Å². The average Bonchev–Trinajstić information content (AvgIpc) is 3.12. The minimum atomic E-state index is -0.320. The third-order valence-electron chi connectivity index (χ3n) is 5.31. The van der Waals surface area contributed by atoms with E-state index < -0.39 is 0 Å². The molecule has 19 heavy (non-hydrogen) atoms. The monoisotopic (exact) mass is 267 g/mol. The molecule has 0 saturated carbocycles. The van der Waals surface area contributed by atoms with Gasteiger partial charge in [-0.2, -0.15) is 0 Å². The summed E-state index contributed by atoms with van der Waals surface area (Å²) >= 11 is 0. The zero-order chi connectivity index (χ0) is 13.9. The summed E-state index contributed by atoms with van der Waals surface area (Å²) in [5.74, 6) is 0.293. The molecule has 2 aliphatic rings. The molecule has 0 aliphatic carbocycles. The first-order chi connectivity index (χ1) is 9.16. The van der Waals surface area contributed by atoms with Gasteiger partial charge in [-0.1, -0.05) is 13.8 Å². The fourth-order valence-corrected chi connectivity index (χ4v) is 3.59. The Bertz CT molecular complexity index is 300. The van der Waals surface area contributed by atoms with Crippen LogP contribution >= 0.6 is 0 Å². The second-order valence-corrected chi connectivity index (χ2v) is 6.13. The Morgan fingerprint density at radius 2 is 1.84 bits per heavy atom. The minimum absolute atomic E-state index is 0.293. The Morgan fingerprint density at radius 1 is 1.21 bits per heavy atom. The number of rotatable bonds is 5. The van der Waals surface area contributed by atoms with Crippen LogP contribution in [-0.4, -0.2) is 54.5 Å². The first kappa shape index (κ1) is 14.8. The quantitative estimate of drug-likeness (QED) is 0.820. The van der Waals surface area contributed by atoms with E-state index in [-0.39, 0.29) is 5.41 Å². The number of nitrogens with zero attached hydrogens (tertiary/aromatic N) is 2. The smallest absolute Gasteiger partial charge is 0.230 e. The molecule has 2 heterocycles. The lowest BCUT2D eigenvalue weighted by Gasteiger charge is -2.33. The number of amides is 1. The van der Waals surface area contributed by atoms with Gasteiger partial charge in [0.25, 0.3) is 0 Å². The zero-order valence-electron chi connectivity index (χ0n) is 12.5. The maximum absolute atomic E-state index is 12.7. The summed E-state index contributed by atoms with van der Waals surface area (Å²) in [7, 11) is 0. The number of likely N-dealkylation sites (tertiary alicyclic amines) is 2. The van der Waals surface area contributed by atoms with Crippen molar-refractivity contribution in [2.24, 2.45) is 11.1 Å². The molecule has 0 radical (unpaired) electrons. The second-order valence-electron chi connectivity index (χ2n) is 6.13. The van der Waals surface area contributed by atoms with E-state index in [1.165, 1.54) is 25.9 Å². The summed E-state index contributed by atoms with van der Waals surface area (Å²) in [5, 5.41) is 0. The Balaban J connectivity index is 1.97. The lowest BCUT2D eigenvalue weighted by Crippen LogP contribution is -2.47. The van der Waals surface area contributed by atoms with Crippen molar-refractivity contribution in [3.8, 4) is 0 Å². The van der Waals surface area contributed by atoms with Crippen molar-refractivity contribution in [3.63, 3.8) is 0 Å². The molecule has 0 bridgehead atoms. The van der Waals surface area contributed by atoms with Gasteiger partial charge < -0.3 is 10.6 Å². The highest BCUT2D eigenvalue weighted by molar-refractivity contribution is 5.83. The van der Waals surface area contributed by atoms with E-state index in [0.717, 1.165) is 32.4 Å². The van der Waals surface area contributed by atoms with Crippen LogP contribution in [0.1, 0.15) is 46.0 Å². The molecule has 2 fully saturated rings. The average molecular weight is 267 g/mol. The van der Waals surface area contributed by atoms with E-state index in [2.05, 4.69) is 23.6 Å². The molecule has 1 unspecified atom stereocenters. The van der Waals surface area contributed by atoms with E-state index in [0.29, 0.717) is 18.5 Å². The molecular formula is C15H29N3O. The third-order valence-corrected chi connectivity index (χ3v) is 5.31. The standard InChI is InChI=1S/C15H29N3O/c1-3-15(4-2,12-16)14(19)18-10-7-13(11-18)17-8-5-6-9-17/h13H,3-12,16H2,1-2H3. The number of hydrogen-bond acceptors (Lipinski definition) is 3. The van der Waals surface area contributed by atoms with Gasteiger partial charge >= 0.3 is 0 Å². The van der Waals surface area contributed by atoms with Crippen LogP contribution in [0.15, 0.2) is 0 Å². The van der Waals surface area contributed by atoms with Crippen LogP contribution in [0.5, 0.6) is 0 Å². The van der Waals surface area contributed by atoms with Crippen LogP contribution in [0.4, 0.5) is 0 Å². The van der Waals surface area contributed by atoms with Crippen molar-refractivity contribution in [1.29, 1.82) is 0 Å². The SMILES string of the molecule is CCC(CC)(CN)C(=O)N1CCC(N2CCCC2)C1. The van der Waals surface area contributed by atoms with E-state index in [1.54, 1.807) is 0 Å². The topological polar surface area (TPSA) is 49.6 Å². The predicted octanol–water partition coefficient (Wildman–Crippen LogP) is 1.45. The van der Waals surface area contributed by atoms with Crippen LogP contribution in [0.25, 0.3) is 0 Å². The van der Waals surface area contributed by atoms with Crippen molar-refractivity contribution >= 4 is 5.91 Å². The van der Waals surface area contributed by atoms with Crippen LogP contribution in [0.3, 0.4) is 0 Å². The lowest BCUT2D eigenvalue weighted by atomic mass is 9.81. The summed E-state index contributed by atoms with van der Waals surface area (Å²) in [6.45, 7) is 8.92. The lowest BCUT2D eigenvalue weighted by molar-refractivity contribution is -0.141. The van der Waals surface area contributed by atoms with E-state index in [9.17, 15) is 4.79 Å². The van der Waals surface area contributed by atoms with Crippen molar-refractivity contribution in [1.82, 2.24) is 9.80 Å². The molecule has 0 spiro atoms. The molecule has 1 amide bonds. The van der Waals surface area contributed by atoms with Crippen LogP contribution < -0.4 is 5.73 Å². The summed E-state index contributed by atoms with van der Waals surface area (Å²) in [5.41, 5.74) is 5.58. The van der Waals surface area contributed by atoms with Gasteiger partial charge in [-0.25, -0.2) is 0 Å². The molecule has 0 aromatic rings. The van der Waals surface area contributed by atoms with Gasteiger partial charge in [-0.05, 0) is 45.2 Å². The highest BCUT2D eigenvalue weighted by Crippen LogP contribution is 2.30. The van der Waals surface area contributed by atoms with Crippen LogP contribution in [0, 0.1) is 5.41 Å². The highest BCUT2D eigenvalue weighted by atomic mass is 16.2. The number of carbonyl (C=O) groups is 1. The summed E-state index contributed by atoms with van der Waals surface area (Å²) in [6, 6.07) is 0.593. The maximum atomic E-state index is 12.7. The first-order valence-electron chi connectivity index (χ1n) is 7.90. The largest absolute Gasteiger partial charge is 0.341 e. The fourth-order valence-electron chi connectivity index (χ4n) is 3.59. The zero-order valence-corrected chi connectivity index (χ0v) is 12.5. The number of carbonyl (C=O) groups excluding carboxylic acids is 1. The molecule has 1 atom stereocenters. The molecule has 4 heteroatoms. The molecule has 110 valence electrons. The molecule has 2 rings (SSSR count). The van der Waals surface area contributed by atoms with Crippen LogP contribution in [0.2, 0.25) is 0 Å². The van der Waals surface area contributed by atoms with Gasteiger partial charge in [0, 0.05) is 25.7 Å². The fraction of sp³-hybridized carbons (Fsp3) is 0.933. The van der Waals surface area contributed by atoms with E-state index >= 15 is 0 Å². The van der Waals surface area contributed by atoms with Gasteiger partial charge in [0.05, 0.1) is 5.41 Å². The number of nitrogens with two attached hydrogens (primary N) is 1. The Labute approximate surface area is 117 Å². The summed E-state index contributed by atoms with van der Waals surface area (Å²) in [6.07, 6.45) is 5.48. The molecule has 0 aromatic carbocycles. The van der Waals surface area contributed by atoms with E-state index in [1.807, 2.05) is 0 Å². The summed E-state index contributed by atoms with van der Waals surface area (Å²) < 4.78 is 0. The first-order valence-corrected chi connectivity index (χ1v) is 7.90. The van der Waals surface area contributed by atoms with Crippen molar-refractivity contribution in [2.75, 3.05) is 32.7 Å². The summed E-state index contributed by atoms with van der Waals surface area (Å²) in [4.78, 5) is 17.4. The highest BCUT2D eigenvalue weighted by Gasteiger charge is 2.40.